The van der Waals surface area contributed by atoms with Crippen LogP contribution in [0.4, 0.5) is 0 Å². The lowest BCUT2D eigenvalue weighted by Crippen LogP contribution is -2.27. The van der Waals surface area contributed by atoms with Crippen molar-refractivity contribution in [1.29, 1.82) is 0 Å². The molecule has 1 heterocycles. The maximum absolute atomic E-state index is 12.2. The molecular formula is C13H13BrN2O4S. The van der Waals surface area contributed by atoms with E-state index in [1.807, 2.05) is 29.1 Å². The van der Waals surface area contributed by atoms with Gasteiger partial charge >= 0.3 is 5.97 Å². The number of carboxylic acid groups (broad SMARTS) is 1. The summed E-state index contributed by atoms with van der Waals surface area (Å²) < 4.78 is 29.0. The Kier molecular flexibility index (Phi) is 4.81. The minimum absolute atomic E-state index is 0.0796. The first-order valence-corrected chi connectivity index (χ1v) is 8.31. The van der Waals surface area contributed by atoms with Crippen LogP contribution in [0.5, 0.6) is 0 Å². The minimum Gasteiger partial charge on any atom is -0.478 e. The number of hydrogen-bond donors (Lipinski definition) is 2. The molecule has 2 N–H and O–H groups in total. The second kappa shape index (κ2) is 6.42. The summed E-state index contributed by atoms with van der Waals surface area (Å²) in [4.78, 5) is 10.8. The van der Waals surface area contributed by atoms with Crippen LogP contribution in [0.25, 0.3) is 0 Å². The molecule has 0 unspecified atom stereocenters. The van der Waals surface area contributed by atoms with Gasteiger partial charge in [-0.05, 0) is 46.3 Å². The fourth-order valence-corrected chi connectivity index (χ4v) is 3.76. The summed E-state index contributed by atoms with van der Waals surface area (Å²) in [6, 6.07) is 7.57. The number of halogens is 1. The molecule has 8 heteroatoms. The number of hydrogen-bond acceptors (Lipinski definition) is 3. The molecular weight excluding hydrogens is 360 g/mol. The molecule has 112 valence electrons. The van der Waals surface area contributed by atoms with Crippen molar-refractivity contribution in [3.63, 3.8) is 0 Å². The Hall–Kier alpha value is -1.64. The minimum atomic E-state index is -3.77. The van der Waals surface area contributed by atoms with Gasteiger partial charge < -0.3 is 9.67 Å². The van der Waals surface area contributed by atoms with Crippen LogP contribution < -0.4 is 4.72 Å². The number of rotatable bonds is 6. The van der Waals surface area contributed by atoms with E-state index in [0.717, 1.165) is 6.07 Å². The molecule has 2 aromatic rings. The fourth-order valence-electron chi connectivity index (χ4n) is 1.75. The molecule has 1 aromatic heterocycles. The van der Waals surface area contributed by atoms with Gasteiger partial charge in [-0.15, -0.1) is 0 Å². The van der Waals surface area contributed by atoms with Crippen molar-refractivity contribution >= 4 is 31.9 Å². The van der Waals surface area contributed by atoms with Gasteiger partial charge in [0.25, 0.3) is 0 Å². The summed E-state index contributed by atoms with van der Waals surface area (Å²) in [7, 11) is -3.77. The first kappa shape index (κ1) is 15.7. The zero-order valence-corrected chi connectivity index (χ0v) is 13.3. The van der Waals surface area contributed by atoms with E-state index >= 15 is 0 Å². The zero-order valence-electron chi connectivity index (χ0n) is 10.9. The van der Waals surface area contributed by atoms with Gasteiger partial charge in [-0.1, -0.05) is 0 Å². The van der Waals surface area contributed by atoms with Crippen LogP contribution in [-0.2, 0) is 16.6 Å². The smallest absolute Gasteiger partial charge is 0.335 e. The molecule has 0 aliphatic carbocycles. The van der Waals surface area contributed by atoms with E-state index < -0.39 is 16.0 Å². The number of nitrogens with zero attached hydrogens (tertiary/aromatic N) is 1. The standard InChI is InChI=1S/C13H13BrN2O4S/c14-11-4-3-10(13(17)18)9-12(11)21(19,20)15-5-8-16-6-1-2-7-16/h1-4,6-7,9,15H,5,8H2,(H,17,18). The maximum Gasteiger partial charge on any atom is 0.335 e. The Labute approximate surface area is 130 Å². The van der Waals surface area contributed by atoms with E-state index in [-0.39, 0.29) is 17.0 Å². The third-order valence-electron chi connectivity index (χ3n) is 2.80. The van der Waals surface area contributed by atoms with Crippen molar-refractivity contribution in [2.75, 3.05) is 6.54 Å². The number of benzene rings is 1. The van der Waals surface area contributed by atoms with E-state index in [1.165, 1.54) is 12.1 Å². The van der Waals surface area contributed by atoms with Crippen molar-refractivity contribution < 1.29 is 18.3 Å². The van der Waals surface area contributed by atoms with E-state index in [1.54, 1.807) is 0 Å². The molecule has 0 bridgehead atoms. The lowest BCUT2D eigenvalue weighted by Gasteiger charge is -2.10. The van der Waals surface area contributed by atoms with Crippen LogP contribution in [0, 0.1) is 0 Å². The van der Waals surface area contributed by atoms with Gasteiger partial charge in [-0.2, -0.15) is 0 Å². The SMILES string of the molecule is O=C(O)c1ccc(Br)c(S(=O)(=O)NCCn2cccc2)c1. The van der Waals surface area contributed by atoms with E-state index in [2.05, 4.69) is 20.7 Å². The Morgan fingerprint density at radius 1 is 1.29 bits per heavy atom. The van der Waals surface area contributed by atoms with Crippen LogP contribution in [0.1, 0.15) is 10.4 Å². The Morgan fingerprint density at radius 3 is 2.57 bits per heavy atom. The Bertz CT molecular complexity index is 742. The largest absolute Gasteiger partial charge is 0.478 e. The zero-order chi connectivity index (χ0) is 15.5. The van der Waals surface area contributed by atoms with Crippen LogP contribution in [0.15, 0.2) is 52.1 Å². The summed E-state index contributed by atoms with van der Waals surface area (Å²) in [6.45, 7) is 0.698. The third kappa shape index (κ3) is 3.93. The highest BCUT2D eigenvalue weighted by molar-refractivity contribution is 9.10. The van der Waals surface area contributed by atoms with Gasteiger partial charge in [-0.3, -0.25) is 0 Å². The predicted molar refractivity (Wildman–Crippen MR) is 80.7 cm³/mol. The first-order chi connectivity index (χ1) is 9.90. The Balaban J connectivity index is 2.15. The van der Waals surface area contributed by atoms with E-state index in [9.17, 15) is 13.2 Å². The molecule has 0 saturated heterocycles. The van der Waals surface area contributed by atoms with Crippen LogP contribution >= 0.6 is 15.9 Å². The topological polar surface area (TPSA) is 88.4 Å². The van der Waals surface area contributed by atoms with Gasteiger partial charge in [0, 0.05) is 30.0 Å². The van der Waals surface area contributed by atoms with E-state index in [0.29, 0.717) is 11.0 Å². The number of aromatic nitrogens is 1. The van der Waals surface area contributed by atoms with Crippen molar-refractivity contribution in [2.45, 2.75) is 11.4 Å². The highest BCUT2D eigenvalue weighted by Gasteiger charge is 2.19. The Morgan fingerprint density at radius 2 is 1.95 bits per heavy atom. The molecule has 0 spiro atoms. The average Bonchev–Trinajstić information content (AvgIpc) is 2.91. The van der Waals surface area contributed by atoms with Crippen molar-refractivity contribution in [1.82, 2.24) is 9.29 Å². The molecule has 0 fully saturated rings. The molecule has 0 amide bonds. The normalized spacial score (nSPS) is 11.5. The first-order valence-electron chi connectivity index (χ1n) is 6.03. The molecule has 2 rings (SSSR count). The van der Waals surface area contributed by atoms with Crippen LogP contribution in [0.2, 0.25) is 0 Å². The number of carboxylic acids is 1. The quantitative estimate of drug-likeness (QED) is 0.810. The van der Waals surface area contributed by atoms with Crippen molar-refractivity contribution in [2.24, 2.45) is 0 Å². The van der Waals surface area contributed by atoms with Gasteiger partial charge in [-0.25, -0.2) is 17.9 Å². The number of nitrogens with one attached hydrogen (secondary N) is 1. The summed E-state index contributed by atoms with van der Waals surface area (Å²) >= 11 is 3.13. The average molecular weight is 373 g/mol. The van der Waals surface area contributed by atoms with Crippen LogP contribution in [-0.4, -0.2) is 30.6 Å². The van der Waals surface area contributed by atoms with Gasteiger partial charge in [0.2, 0.25) is 10.0 Å². The predicted octanol–water partition coefficient (Wildman–Crippen LogP) is 1.93. The monoisotopic (exact) mass is 372 g/mol. The number of aromatic carboxylic acids is 1. The summed E-state index contributed by atoms with van der Waals surface area (Å²) in [5.74, 6) is -1.17. The summed E-state index contributed by atoms with van der Waals surface area (Å²) in [5, 5.41) is 8.93. The fraction of sp³-hybridized carbons (Fsp3) is 0.154. The molecule has 6 nitrogen and oxygen atoms in total. The molecule has 0 atom stereocenters. The number of carbonyl (C=O) groups is 1. The van der Waals surface area contributed by atoms with Crippen LogP contribution in [0.3, 0.4) is 0 Å². The second-order valence-electron chi connectivity index (χ2n) is 4.27. The number of sulfonamides is 1. The van der Waals surface area contributed by atoms with E-state index in [4.69, 9.17) is 5.11 Å². The molecule has 0 aliphatic rings. The lowest BCUT2D eigenvalue weighted by molar-refractivity contribution is 0.0696. The highest BCUT2D eigenvalue weighted by atomic mass is 79.9. The van der Waals surface area contributed by atoms with Crippen molar-refractivity contribution in [3.05, 3.63) is 52.8 Å². The maximum atomic E-state index is 12.2. The summed E-state index contributed by atoms with van der Waals surface area (Å²) in [6.07, 6.45) is 3.66. The lowest BCUT2D eigenvalue weighted by atomic mass is 10.2. The molecule has 0 aliphatic heterocycles. The molecule has 0 saturated carbocycles. The molecule has 1 aromatic carbocycles. The third-order valence-corrected chi connectivity index (χ3v) is 5.25. The van der Waals surface area contributed by atoms with Crippen molar-refractivity contribution in [3.8, 4) is 0 Å². The van der Waals surface area contributed by atoms with Gasteiger partial charge in [0.15, 0.2) is 0 Å². The van der Waals surface area contributed by atoms with Gasteiger partial charge in [0.1, 0.15) is 0 Å². The summed E-state index contributed by atoms with van der Waals surface area (Å²) in [5.41, 5.74) is -0.0796. The second-order valence-corrected chi connectivity index (χ2v) is 6.86. The highest BCUT2D eigenvalue weighted by Crippen LogP contribution is 2.23. The molecule has 21 heavy (non-hydrogen) atoms. The molecule has 0 radical (unpaired) electrons. The van der Waals surface area contributed by atoms with Gasteiger partial charge in [0.05, 0.1) is 10.5 Å².